The highest BCUT2D eigenvalue weighted by Crippen LogP contribution is 2.15. The van der Waals surface area contributed by atoms with Gasteiger partial charge in [0, 0.05) is 7.11 Å². The molecule has 0 fully saturated rings. The fourth-order valence-corrected chi connectivity index (χ4v) is 2.12. The molecule has 4 heteroatoms. The summed E-state index contributed by atoms with van der Waals surface area (Å²) in [7, 11) is 0.244. The van der Waals surface area contributed by atoms with Gasteiger partial charge in [-0.1, -0.05) is 13.8 Å². The summed E-state index contributed by atoms with van der Waals surface area (Å²) in [5.74, 6) is 0. The fraction of sp³-hybridized carbons (Fsp3) is 1.00. The number of hydrogen-bond acceptors (Lipinski definition) is 3. The van der Waals surface area contributed by atoms with Crippen molar-refractivity contribution in [3.63, 3.8) is 0 Å². The van der Waals surface area contributed by atoms with Gasteiger partial charge in [-0.3, -0.25) is 0 Å². The SMILES string of the molecule is CC[Si](C)(CC)OCOCCOC. The Morgan fingerprint density at radius 2 is 1.69 bits per heavy atom. The third-order valence-electron chi connectivity index (χ3n) is 2.42. The van der Waals surface area contributed by atoms with Crippen LogP contribution in [-0.2, 0) is 13.9 Å². The molecule has 80 valence electrons. The summed E-state index contributed by atoms with van der Waals surface area (Å²) in [6.07, 6.45) is 0. The fourth-order valence-electron chi connectivity index (χ4n) is 0.839. The number of ether oxygens (including phenoxy) is 2. The van der Waals surface area contributed by atoms with Crippen LogP contribution in [-0.4, -0.2) is 35.4 Å². The van der Waals surface area contributed by atoms with Crippen LogP contribution >= 0.6 is 0 Å². The molecular formula is C9H22O3Si. The molecule has 0 aliphatic heterocycles. The Morgan fingerprint density at radius 1 is 1.08 bits per heavy atom. The Kier molecular flexibility index (Phi) is 7.55. The molecular weight excluding hydrogens is 184 g/mol. The standard InChI is InChI=1S/C9H22O3Si/c1-5-13(4,6-2)12-9-11-8-7-10-3/h5-9H2,1-4H3. The van der Waals surface area contributed by atoms with E-state index in [1.807, 2.05) is 0 Å². The normalized spacial score (nSPS) is 12.0. The molecule has 0 saturated carbocycles. The molecule has 0 aromatic carbocycles. The van der Waals surface area contributed by atoms with Crippen molar-refractivity contribution in [3.8, 4) is 0 Å². The Bertz CT molecular complexity index is 115. The van der Waals surface area contributed by atoms with Crippen LogP contribution in [0.25, 0.3) is 0 Å². The van der Waals surface area contributed by atoms with E-state index in [0.29, 0.717) is 20.0 Å². The molecule has 0 atom stereocenters. The largest absolute Gasteiger partial charge is 0.395 e. The molecule has 0 aromatic rings. The Hall–Kier alpha value is 0.0969. The first-order valence-corrected chi connectivity index (χ1v) is 7.71. The molecule has 0 aliphatic rings. The van der Waals surface area contributed by atoms with Crippen molar-refractivity contribution < 1.29 is 13.9 Å². The number of rotatable bonds is 8. The van der Waals surface area contributed by atoms with E-state index < -0.39 is 8.32 Å². The Labute approximate surface area is 82.5 Å². The molecule has 0 heterocycles. The van der Waals surface area contributed by atoms with Crippen molar-refractivity contribution in [3.05, 3.63) is 0 Å². The first kappa shape index (κ1) is 13.1. The van der Waals surface area contributed by atoms with Crippen LogP contribution in [0, 0.1) is 0 Å². The van der Waals surface area contributed by atoms with Gasteiger partial charge in [-0.15, -0.1) is 0 Å². The molecule has 0 bridgehead atoms. The summed E-state index contributed by atoms with van der Waals surface area (Å²) in [5, 5.41) is 0. The third-order valence-corrected chi connectivity index (χ3v) is 6.22. The highest BCUT2D eigenvalue weighted by Gasteiger charge is 2.23. The molecule has 0 spiro atoms. The van der Waals surface area contributed by atoms with Gasteiger partial charge in [0.15, 0.2) is 8.32 Å². The van der Waals surface area contributed by atoms with Gasteiger partial charge in [-0.2, -0.15) is 0 Å². The van der Waals surface area contributed by atoms with Gasteiger partial charge in [0.25, 0.3) is 0 Å². The van der Waals surface area contributed by atoms with E-state index in [9.17, 15) is 0 Å². The van der Waals surface area contributed by atoms with Crippen LogP contribution in [0.3, 0.4) is 0 Å². The van der Waals surface area contributed by atoms with Crippen LogP contribution in [0.1, 0.15) is 13.8 Å². The van der Waals surface area contributed by atoms with Gasteiger partial charge >= 0.3 is 0 Å². The topological polar surface area (TPSA) is 27.7 Å². The van der Waals surface area contributed by atoms with Gasteiger partial charge < -0.3 is 13.9 Å². The van der Waals surface area contributed by atoms with Crippen molar-refractivity contribution >= 4 is 8.32 Å². The summed E-state index contributed by atoms with van der Waals surface area (Å²) in [6.45, 7) is 8.30. The minimum absolute atomic E-state index is 0.424. The highest BCUT2D eigenvalue weighted by molar-refractivity contribution is 6.72. The van der Waals surface area contributed by atoms with E-state index in [-0.39, 0.29) is 0 Å². The predicted molar refractivity (Wildman–Crippen MR) is 56.4 cm³/mol. The zero-order valence-corrected chi connectivity index (χ0v) is 10.3. The maximum absolute atomic E-state index is 5.74. The molecule has 0 amide bonds. The van der Waals surface area contributed by atoms with Crippen LogP contribution < -0.4 is 0 Å². The van der Waals surface area contributed by atoms with Crippen molar-refractivity contribution in [2.75, 3.05) is 27.1 Å². The summed E-state index contributed by atoms with van der Waals surface area (Å²) in [5.41, 5.74) is 0. The van der Waals surface area contributed by atoms with Crippen LogP contribution in [0.4, 0.5) is 0 Å². The lowest BCUT2D eigenvalue weighted by Crippen LogP contribution is -2.33. The first-order chi connectivity index (χ1) is 6.18. The lowest BCUT2D eigenvalue weighted by Gasteiger charge is -2.24. The summed E-state index contributed by atoms with van der Waals surface area (Å²) < 4.78 is 15.9. The van der Waals surface area contributed by atoms with Crippen LogP contribution in [0.5, 0.6) is 0 Å². The van der Waals surface area contributed by atoms with E-state index in [4.69, 9.17) is 13.9 Å². The minimum atomic E-state index is -1.42. The Morgan fingerprint density at radius 3 is 2.15 bits per heavy atom. The average Bonchev–Trinajstić information content (AvgIpc) is 2.17. The molecule has 0 aromatic heterocycles. The third kappa shape index (κ3) is 6.21. The van der Waals surface area contributed by atoms with Gasteiger partial charge in [0.1, 0.15) is 6.79 Å². The predicted octanol–water partition coefficient (Wildman–Crippen LogP) is 2.24. The Balaban J connectivity index is 3.39. The molecule has 0 aliphatic carbocycles. The molecule has 0 radical (unpaired) electrons. The first-order valence-electron chi connectivity index (χ1n) is 4.89. The zero-order chi connectivity index (χ0) is 10.2. The minimum Gasteiger partial charge on any atom is -0.395 e. The maximum atomic E-state index is 5.74. The van der Waals surface area contributed by atoms with Crippen molar-refractivity contribution in [2.24, 2.45) is 0 Å². The highest BCUT2D eigenvalue weighted by atomic mass is 28.4. The second-order valence-electron chi connectivity index (χ2n) is 3.32. The lowest BCUT2D eigenvalue weighted by atomic mass is 10.8. The number of hydrogen-bond donors (Lipinski definition) is 0. The lowest BCUT2D eigenvalue weighted by molar-refractivity contribution is -0.0135. The van der Waals surface area contributed by atoms with Gasteiger partial charge in [-0.05, 0) is 18.6 Å². The van der Waals surface area contributed by atoms with Gasteiger partial charge in [0.05, 0.1) is 13.2 Å². The smallest absolute Gasteiger partial charge is 0.192 e. The quantitative estimate of drug-likeness (QED) is 0.346. The molecule has 3 nitrogen and oxygen atoms in total. The van der Waals surface area contributed by atoms with E-state index in [2.05, 4.69) is 20.4 Å². The van der Waals surface area contributed by atoms with E-state index >= 15 is 0 Å². The number of methoxy groups -OCH3 is 1. The summed E-state index contributed by atoms with van der Waals surface area (Å²) in [4.78, 5) is 0. The van der Waals surface area contributed by atoms with E-state index in [0.717, 1.165) is 12.1 Å². The second-order valence-corrected chi connectivity index (χ2v) is 7.92. The molecule has 0 rings (SSSR count). The van der Waals surface area contributed by atoms with Crippen molar-refractivity contribution in [1.82, 2.24) is 0 Å². The maximum Gasteiger partial charge on any atom is 0.192 e. The molecule has 0 N–H and O–H groups in total. The van der Waals surface area contributed by atoms with Crippen LogP contribution in [0.2, 0.25) is 18.6 Å². The van der Waals surface area contributed by atoms with Crippen molar-refractivity contribution in [1.29, 1.82) is 0 Å². The summed E-state index contributed by atoms with van der Waals surface area (Å²) >= 11 is 0. The van der Waals surface area contributed by atoms with E-state index in [1.54, 1.807) is 7.11 Å². The van der Waals surface area contributed by atoms with Crippen molar-refractivity contribution in [2.45, 2.75) is 32.5 Å². The molecule has 0 saturated heterocycles. The van der Waals surface area contributed by atoms with Gasteiger partial charge in [0.2, 0.25) is 0 Å². The molecule has 0 unspecified atom stereocenters. The average molecular weight is 206 g/mol. The van der Waals surface area contributed by atoms with E-state index in [1.165, 1.54) is 0 Å². The van der Waals surface area contributed by atoms with Crippen LogP contribution in [0.15, 0.2) is 0 Å². The second kappa shape index (κ2) is 7.50. The molecule has 13 heavy (non-hydrogen) atoms. The zero-order valence-electron chi connectivity index (χ0n) is 9.26. The van der Waals surface area contributed by atoms with Gasteiger partial charge in [-0.25, -0.2) is 0 Å². The monoisotopic (exact) mass is 206 g/mol. The summed E-state index contributed by atoms with van der Waals surface area (Å²) in [6, 6.07) is 2.30.